The SMILES string of the molecule is CCN(C(=O)/C=C/c1ccc(O)cc1)c1cccc(C)c1. The monoisotopic (exact) mass is 281 g/mol. The quantitative estimate of drug-likeness (QED) is 0.867. The Bertz CT molecular complexity index is 645. The summed E-state index contributed by atoms with van der Waals surface area (Å²) in [6, 6.07) is 14.6. The number of carbonyl (C=O) groups is 1. The number of aryl methyl sites for hydroxylation is 1. The largest absolute Gasteiger partial charge is 0.508 e. The summed E-state index contributed by atoms with van der Waals surface area (Å²) in [5, 5.41) is 9.24. The fourth-order valence-electron chi connectivity index (χ4n) is 2.10. The molecule has 0 saturated carbocycles. The van der Waals surface area contributed by atoms with E-state index in [1.807, 2.05) is 38.1 Å². The van der Waals surface area contributed by atoms with Crippen molar-refractivity contribution in [3.8, 4) is 5.75 Å². The van der Waals surface area contributed by atoms with Crippen molar-refractivity contribution in [1.29, 1.82) is 0 Å². The van der Waals surface area contributed by atoms with E-state index in [1.165, 1.54) is 0 Å². The van der Waals surface area contributed by atoms with Gasteiger partial charge in [-0.2, -0.15) is 0 Å². The van der Waals surface area contributed by atoms with Crippen molar-refractivity contribution in [1.82, 2.24) is 0 Å². The van der Waals surface area contributed by atoms with E-state index in [9.17, 15) is 9.90 Å². The lowest BCUT2D eigenvalue weighted by atomic mass is 10.2. The average molecular weight is 281 g/mol. The van der Waals surface area contributed by atoms with E-state index in [4.69, 9.17) is 0 Å². The fourth-order valence-corrected chi connectivity index (χ4v) is 2.10. The lowest BCUT2D eigenvalue weighted by molar-refractivity contribution is -0.114. The molecule has 0 saturated heterocycles. The second-order valence-electron chi connectivity index (χ2n) is 4.85. The van der Waals surface area contributed by atoms with E-state index < -0.39 is 0 Å². The van der Waals surface area contributed by atoms with Crippen molar-refractivity contribution in [2.24, 2.45) is 0 Å². The van der Waals surface area contributed by atoms with Crippen molar-refractivity contribution in [3.05, 3.63) is 65.7 Å². The first-order chi connectivity index (χ1) is 10.1. The lowest BCUT2D eigenvalue weighted by Gasteiger charge is -2.19. The second kappa shape index (κ2) is 6.75. The lowest BCUT2D eigenvalue weighted by Crippen LogP contribution is -2.28. The third-order valence-electron chi connectivity index (χ3n) is 3.21. The van der Waals surface area contributed by atoms with Gasteiger partial charge in [-0.25, -0.2) is 0 Å². The highest BCUT2D eigenvalue weighted by Crippen LogP contribution is 2.17. The summed E-state index contributed by atoms with van der Waals surface area (Å²) in [6.07, 6.45) is 3.30. The number of anilines is 1. The van der Waals surface area contributed by atoms with Crippen LogP contribution < -0.4 is 4.90 Å². The summed E-state index contributed by atoms with van der Waals surface area (Å²) in [5.41, 5.74) is 2.90. The summed E-state index contributed by atoms with van der Waals surface area (Å²) in [6.45, 7) is 4.57. The molecule has 3 heteroatoms. The van der Waals surface area contributed by atoms with Gasteiger partial charge >= 0.3 is 0 Å². The molecule has 0 atom stereocenters. The Labute approximate surface area is 125 Å². The molecule has 108 valence electrons. The Kier molecular flexibility index (Phi) is 4.77. The van der Waals surface area contributed by atoms with Gasteiger partial charge in [0.1, 0.15) is 5.75 Å². The number of phenolic OH excluding ortho intramolecular Hbond substituents is 1. The number of hydrogen-bond donors (Lipinski definition) is 1. The third-order valence-corrected chi connectivity index (χ3v) is 3.21. The molecule has 2 aromatic carbocycles. The molecule has 0 aliphatic carbocycles. The van der Waals surface area contributed by atoms with Crippen LogP contribution in [0.3, 0.4) is 0 Å². The predicted octanol–water partition coefficient (Wildman–Crippen LogP) is 3.77. The number of hydrogen-bond acceptors (Lipinski definition) is 2. The van der Waals surface area contributed by atoms with Crippen molar-refractivity contribution in [2.75, 3.05) is 11.4 Å². The van der Waals surface area contributed by atoms with E-state index in [-0.39, 0.29) is 11.7 Å². The van der Waals surface area contributed by atoms with Crippen LogP contribution in [0.25, 0.3) is 6.08 Å². The zero-order valence-corrected chi connectivity index (χ0v) is 12.3. The maximum Gasteiger partial charge on any atom is 0.250 e. The Morgan fingerprint density at radius 2 is 1.90 bits per heavy atom. The number of aromatic hydroxyl groups is 1. The minimum atomic E-state index is -0.0591. The van der Waals surface area contributed by atoms with Crippen LogP contribution >= 0.6 is 0 Å². The predicted molar refractivity (Wildman–Crippen MR) is 86.3 cm³/mol. The number of rotatable bonds is 4. The maximum atomic E-state index is 12.3. The van der Waals surface area contributed by atoms with E-state index >= 15 is 0 Å². The number of carbonyl (C=O) groups excluding carboxylic acids is 1. The molecule has 0 aliphatic rings. The highest BCUT2D eigenvalue weighted by Gasteiger charge is 2.10. The van der Waals surface area contributed by atoms with Crippen LogP contribution in [-0.2, 0) is 4.79 Å². The standard InChI is InChI=1S/C18H19NO2/c1-3-19(16-6-4-5-14(2)13-16)18(21)12-9-15-7-10-17(20)11-8-15/h4-13,20H,3H2,1-2H3/b12-9+. The number of nitrogens with zero attached hydrogens (tertiary/aromatic N) is 1. The number of phenols is 1. The minimum absolute atomic E-state index is 0.0591. The van der Waals surface area contributed by atoms with Gasteiger partial charge in [0.15, 0.2) is 0 Å². The first-order valence-corrected chi connectivity index (χ1v) is 6.95. The second-order valence-corrected chi connectivity index (χ2v) is 4.85. The van der Waals surface area contributed by atoms with Crippen LogP contribution in [0.4, 0.5) is 5.69 Å². The molecule has 0 fully saturated rings. The summed E-state index contributed by atoms with van der Waals surface area (Å²) in [4.78, 5) is 14.0. The van der Waals surface area contributed by atoms with Gasteiger partial charge in [-0.1, -0.05) is 24.3 Å². The Morgan fingerprint density at radius 1 is 1.19 bits per heavy atom. The Hall–Kier alpha value is -2.55. The van der Waals surface area contributed by atoms with Crippen molar-refractivity contribution in [2.45, 2.75) is 13.8 Å². The van der Waals surface area contributed by atoms with Crippen molar-refractivity contribution < 1.29 is 9.90 Å². The summed E-state index contributed by atoms with van der Waals surface area (Å²) >= 11 is 0. The Balaban J connectivity index is 2.15. The number of likely N-dealkylation sites (N-methyl/N-ethyl adjacent to an activating group) is 1. The molecule has 1 amide bonds. The first kappa shape index (κ1) is 14.9. The smallest absolute Gasteiger partial charge is 0.250 e. The average Bonchev–Trinajstić information content (AvgIpc) is 2.47. The van der Waals surface area contributed by atoms with Crippen LogP contribution in [0.5, 0.6) is 5.75 Å². The normalized spacial score (nSPS) is 10.8. The highest BCUT2D eigenvalue weighted by molar-refractivity contribution is 6.03. The highest BCUT2D eigenvalue weighted by atomic mass is 16.3. The van der Waals surface area contributed by atoms with Gasteiger partial charge in [-0.05, 0) is 55.3 Å². The van der Waals surface area contributed by atoms with Gasteiger partial charge in [0.05, 0.1) is 0 Å². The molecule has 1 N–H and O–H groups in total. The van der Waals surface area contributed by atoms with Crippen LogP contribution in [0.1, 0.15) is 18.1 Å². The molecule has 0 radical (unpaired) electrons. The van der Waals surface area contributed by atoms with Crippen LogP contribution in [0.15, 0.2) is 54.6 Å². The van der Waals surface area contributed by atoms with Crippen molar-refractivity contribution >= 4 is 17.7 Å². The molecular formula is C18H19NO2. The van der Waals surface area contributed by atoms with Gasteiger partial charge in [0.25, 0.3) is 5.91 Å². The number of benzene rings is 2. The minimum Gasteiger partial charge on any atom is -0.508 e. The molecule has 2 rings (SSSR count). The van der Waals surface area contributed by atoms with Crippen molar-refractivity contribution in [3.63, 3.8) is 0 Å². The van der Waals surface area contributed by atoms with Gasteiger partial charge < -0.3 is 10.0 Å². The zero-order valence-electron chi connectivity index (χ0n) is 12.3. The molecular weight excluding hydrogens is 262 g/mol. The van der Waals surface area contributed by atoms with Gasteiger partial charge in [-0.15, -0.1) is 0 Å². The molecule has 0 spiro atoms. The van der Waals surface area contributed by atoms with Crippen LogP contribution in [0, 0.1) is 6.92 Å². The van der Waals surface area contributed by atoms with E-state index in [0.29, 0.717) is 6.54 Å². The molecule has 0 aromatic heterocycles. The third kappa shape index (κ3) is 3.96. The summed E-state index contributed by atoms with van der Waals surface area (Å²) in [7, 11) is 0. The number of amides is 1. The van der Waals surface area contributed by atoms with Gasteiger partial charge in [0, 0.05) is 18.3 Å². The molecule has 21 heavy (non-hydrogen) atoms. The fraction of sp³-hybridized carbons (Fsp3) is 0.167. The van der Waals surface area contributed by atoms with Gasteiger partial charge in [-0.3, -0.25) is 4.79 Å². The van der Waals surface area contributed by atoms with Gasteiger partial charge in [0.2, 0.25) is 0 Å². The maximum absolute atomic E-state index is 12.3. The Morgan fingerprint density at radius 3 is 2.52 bits per heavy atom. The van der Waals surface area contributed by atoms with E-state index in [2.05, 4.69) is 0 Å². The van der Waals surface area contributed by atoms with E-state index in [0.717, 1.165) is 16.8 Å². The van der Waals surface area contributed by atoms with Crippen LogP contribution in [0.2, 0.25) is 0 Å². The summed E-state index contributed by atoms with van der Waals surface area (Å²) in [5.74, 6) is 0.157. The zero-order chi connectivity index (χ0) is 15.2. The molecule has 3 nitrogen and oxygen atoms in total. The molecule has 0 aliphatic heterocycles. The molecule has 0 heterocycles. The first-order valence-electron chi connectivity index (χ1n) is 6.95. The molecule has 0 unspecified atom stereocenters. The van der Waals surface area contributed by atoms with Crippen LogP contribution in [-0.4, -0.2) is 17.6 Å². The van der Waals surface area contributed by atoms with E-state index in [1.54, 1.807) is 41.3 Å². The summed E-state index contributed by atoms with van der Waals surface area (Å²) < 4.78 is 0. The molecule has 2 aromatic rings. The topological polar surface area (TPSA) is 40.5 Å². The molecule has 0 bridgehead atoms.